The third kappa shape index (κ3) is 2.84. The highest BCUT2D eigenvalue weighted by Gasteiger charge is 2.27. The Bertz CT molecular complexity index is 669. The first-order valence-corrected chi connectivity index (χ1v) is 8.12. The number of amides is 2. The van der Waals surface area contributed by atoms with Gasteiger partial charge in [0.25, 0.3) is 11.8 Å². The van der Waals surface area contributed by atoms with Crippen molar-refractivity contribution in [2.45, 2.75) is 13.0 Å². The Kier molecular flexibility index (Phi) is 4.13. The molecular weight excluding hydrogens is 300 g/mol. The lowest BCUT2D eigenvalue weighted by atomic mass is 10.2. The number of aliphatic hydroxyl groups is 1. The number of benzene rings is 1. The number of nitrogens with zero attached hydrogens (tertiary/aromatic N) is 2. The molecular formula is C16H18N2O3S. The molecule has 1 aliphatic heterocycles. The number of aliphatic hydroxyl groups excluding tert-OH is 1. The van der Waals surface area contributed by atoms with E-state index in [0.717, 1.165) is 15.0 Å². The van der Waals surface area contributed by atoms with Crippen LogP contribution in [0.4, 0.5) is 0 Å². The van der Waals surface area contributed by atoms with Crippen LogP contribution in [0.3, 0.4) is 0 Å². The average Bonchev–Trinajstić information content (AvgIpc) is 2.97. The second-order valence-corrected chi connectivity index (χ2v) is 6.53. The lowest BCUT2D eigenvalue weighted by Crippen LogP contribution is -2.52. The number of carbonyl (C=O) groups is 2. The number of rotatable bonds is 2. The maximum atomic E-state index is 12.6. The zero-order chi connectivity index (χ0) is 15.7. The van der Waals surface area contributed by atoms with Crippen LogP contribution in [0.15, 0.2) is 30.3 Å². The first-order chi connectivity index (χ1) is 10.6. The summed E-state index contributed by atoms with van der Waals surface area (Å²) in [7, 11) is 0. The Labute approximate surface area is 132 Å². The van der Waals surface area contributed by atoms with Crippen LogP contribution in [0.5, 0.6) is 0 Å². The van der Waals surface area contributed by atoms with Crippen molar-refractivity contribution in [3.63, 3.8) is 0 Å². The fraction of sp³-hybridized carbons (Fsp3) is 0.375. The summed E-state index contributed by atoms with van der Waals surface area (Å²) in [6, 6.07) is 9.87. The Morgan fingerprint density at radius 3 is 2.41 bits per heavy atom. The van der Waals surface area contributed by atoms with Gasteiger partial charge >= 0.3 is 0 Å². The molecule has 2 amide bonds. The van der Waals surface area contributed by atoms with E-state index in [1.165, 1.54) is 18.3 Å². The number of hydrogen-bond donors (Lipinski definition) is 1. The molecule has 0 spiro atoms. The second kappa shape index (κ2) is 6.06. The average molecular weight is 318 g/mol. The first-order valence-electron chi connectivity index (χ1n) is 7.31. The van der Waals surface area contributed by atoms with Gasteiger partial charge in [0.2, 0.25) is 0 Å². The van der Waals surface area contributed by atoms with E-state index < -0.39 is 6.10 Å². The summed E-state index contributed by atoms with van der Waals surface area (Å²) in [5.41, 5.74) is 0. The van der Waals surface area contributed by atoms with Gasteiger partial charge in [-0.2, -0.15) is 0 Å². The van der Waals surface area contributed by atoms with Crippen molar-refractivity contribution >= 4 is 33.2 Å². The van der Waals surface area contributed by atoms with Crippen molar-refractivity contribution in [3.05, 3.63) is 35.2 Å². The van der Waals surface area contributed by atoms with Gasteiger partial charge in [-0.25, -0.2) is 0 Å². The lowest BCUT2D eigenvalue weighted by molar-refractivity contribution is -0.140. The van der Waals surface area contributed by atoms with Gasteiger partial charge in [-0.1, -0.05) is 18.2 Å². The van der Waals surface area contributed by atoms with Crippen molar-refractivity contribution in [1.82, 2.24) is 9.80 Å². The van der Waals surface area contributed by atoms with Gasteiger partial charge in [0.1, 0.15) is 6.10 Å². The SMILES string of the molecule is CC(O)C(=O)N1CCN(C(=O)c2cc3ccccc3s2)CC1. The minimum absolute atomic E-state index is 0.0188. The molecule has 2 heterocycles. The van der Waals surface area contributed by atoms with Crippen LogP contribution in [0.1, 0.15) is 16.6 Å². The third-order valence-corrected chi connectivity index (χ3v) is 4.98. The number of hydrogen-bond acceptors (Lipinski definition) is 4. The third-order valence-electron chi connectivity index (χ3n) is 3.87. The zero-order valence-corrected chi connectivity index (χ0v) is 13.2. The molecule has 0 radical (unpaired) electrons. The predicted molar refractivity (Wildman–Crippen MR) is 86.0 cm³/mol. The van der Waals surface area contributed by atoms with E-state index in [-0.39, 0.29) is 11.8 Å². The quantitative estimate of drug-likeness (QED) is 0.914. The fourth-order valence-corrected chi connectivity index (χ4v) is 3.67. The molecule has 1 fully saturated rings. The standard InChI is InChI=1S/C16H18N2O3S/c1-11(19)15(20)17-6-8-18(9-7-17)16(21)14-10-12-4-2-3-5-13(12)22-14/h2-5,10-11,19H,6-9H2,1H3. The van der Waals surface area contributed by atoms with Crippen LogP contribution in [0.25, 0.3) is 10.1 Å². The smallest absolute Gasteiger partial charge is 0.264 e. The largest absolute Gasteiger partial charge is 0.384 e. The first kappa shape index (κ1) is 15.0. The summed E-state index contributed by atoms with van der Waals surface area (Å²) in [4.78, 5) is 28.4. The van der Waals surface area contributed by atoms with Gasteiger partial charge in [-0.3, -0.25) is 9.59 Å². The minimum atomic E-state index is -0.982. The predicted octanol–water partition coefficient (Wildman–Crippen LogP) is 1.57. The second-order valence-electron chi connectivity index (χ2n) is 5.44. The molecule has 6 heteroatoms. The topological polar surface area (TPSA) is 60.9 Å². The number of carbonyl (C=O) groups excluding carboxylic acids is 2. The van der Waals surface area contributed by atoms with E-state index in [0.29, 0.717) is 26.2 Å². The van der Waals surface area contributed by atoms with Gasteiger partial charge < -0.3 is 14.9 Å². The van der Waals surface area contributed by atoms with E-state index in [2.05, 4.69) is 0 Å². The molecule has 1 aliphatic rings. The molecule has 1 aromatic carbocycles. The molecule has 1 saturated heterocycles. The van der Waals surface area contributed by atoms with Crippen molar-refractivity contribution in [2.24, 2.45) is 0 Å². The summed E-state index contributed by atoms with van der Waals surface area (Å²) >= 11 is 1.50. The van der Waals surface area contributed by atoms with Gasteiger partial charge in [0.15, 0.2) is 0 Å². The molecule has 1 N–H and O–H groups in total. The van der Waals surface area contributed by atoms with Gasteiger partial charge in [-0.05, 0) is 24.4 Å². The van der Waals surface area contributed by atoms with Gasteiger partial charge in [-0.15, -0.1) is 11.3 Å². The van der Waals surface area contributed by atoms with E-state index in [1.807, 2.05) is 30.3 Å². The Morgan fingerprint density at radius 1 is 1.14 bits per heavy atom. The highest BCUT2D eigenvalue weighted by molar-refractivity contribution is 7.20. The van der Waals surface area contributed by atoms with Gasteiger partial charge in [0, 0.05) is 30.9 Å². The van der Waals surface area contributed by atoms with Crippen LogP contribution in [0, 0.1) is 0 Å². The summed E-state index contributed by atoms with van der Waals surface area (Å²) in [6.07, 6.45) is -0.982. The fourth-order valence-electron chi connectivity index (χ4n) is 2.64. The molecule has 0 bridgehead atoms. The van der Waals surface area contributed by atoms with E-state index in [9.17, 15) is 14.7 Å². The molecule has 5 nitrogen and oxygen atoms in total. The summed E-state index contributed by atoms with van der Waals surface area (Å²) in [6.45, 7) is 3.43. The zero-order valence-electron chi connectivity index (χ0n) is 12.4. The van der Waals surface area contributed by atoms with Crippen LogP contribution < -0.4 is 0 Å². The highest BCUT2D eigenvalue weighted by Crippen LogP contribution is 2.26. The van der Waals surface area contributed by atoms with E-state index >= 15 is 0 Å². The normalized spacial score (nSPS) is 16.8. The van der Waals surface area contributed by atoms with Crippen LogP contribution in [-0.2, 0) is 4.79 Å². The Morgan fingerprint density at radius 2 is 1.77 bits per heavy atom. The Hall–Kier alpha value is -1.92. The van der Waals surface area contributed by atoms with E-state index in [4.69, 9.17) is 0 Å². The van der Waals surface area contributed by atoms with Gasteiger partial charge in [0.05, 0.1) is 4.88 Å². The van der Waals surface area contributed by atoms with Crippen molar-refractivity contribution in [3.8, 4) is 0 Å². The van der Waals surface area contributed by atoms with Crippen LogP contribution >= 0.6 is 11.3 Å². The molecule has 22 heavy (non-hydrogen) atoms. The summed E-state index contributed by atoms with van der Waals surface area (Å²) in [5, 5.41) is 10.4. The molecule has 1 unspecified atom stereocenters. The summed E-state index contributed by atoms with van der Waals surface area (Å²) in [5.74, 6) is -0.251. The molecule has 1 atom stereocenters. The van der Waals surface area contributed by atoms with E-state index in [1.54, 1.807) is 9.80 Å². The summed E-state index contributed by atoms with van der Waals surface area (Å²) < 4.78 is 1.11. The molecule has 3 rings (SSSR count). The monoisotopic (exact) mass is 318 g/mol. The molecule has 1 aromatic heterocycles. The molecule has 2 aromatic rings. The lowest BCUT2D eigenvalue weighted by Gasteiger charge is -2.35. The van der Waals surface area contributed by atoms with Crippen LogP contribution in [-0.4, -0.2) is 59.0 Å². The number of fused-ring (bicyclic) bond motifs is 1. The highest BCUT2D eigenvalue weighted by atomic mass is 32.1. The maximum Gasteiger partial charge on any atom is 0.264 e. The minimum Gasteiger partial charge on any atom is -0.384 e. The van der Waals surface area contributed by atoms with Crippen molar-refractivity contribution in [2.75, 3.05) is 26.2 Å². The van der Waals surface area contributed by atoms with Crippen molar-refractivity contribution in [1.29, 1.82) is 0 Å². The molecule has 116 valence electrons. The van der Waals surface area contributed by atoms with Crippen LogP contribution in [0.2, 0.25) is 0 Å². The maximum absolute atomic E-state index is 12.6. The molecule has 0 saturated carbocycles. The number of piperazine rings is 1. The Balaban J connectivity index is 1.68. The number of thiophene rings is 1. The van der Waals surface area contributed by atoms with Crippen molar-refractivity contribution < 1.29 is 14.7 Å². The molecule has 0 aliphatic carbocycles.